The third-order valence-corrected chi connectivity index (χ3v) is 6.26. The van der Waals surface area contributed by atoms with Gasteiger partial charge in [0.15, 0.2) is 5.82 Å². The topological polar surface area (TPSA) is 161 Å². The van der Waals surface area contributed by atoms with Crippen molar-refractivity contribution < 1.29 is 35.9 Å². The number of aromatic amines is 1. The van der Waals surface area contributed by atoms with Gasteiger partial charge < -0.3 is 20.5 Å². The summed E-state index contributed by atoms with van der Waals surface area (Å²) in [6, 6.07) is 12.3. The number of nitrogens with two attached hydrogens (primary N) is 1. The van der Waals surface area contributed by atoms with Gasteiger partial charge in [0.05, 0.1) is 30.4 Å². The molecule has 0 aliphatic carbocycles. The summed E-state index contributed by atoms with van der Waals surface area (Å²) >= 11 is 0. The number of pyridine rings is 1. The summed E-state index contributed by atoms with van der Waals surface area (Å²) in [6.07, 6.45) is 1.45. The Morgan fingerprint density at radius 2 is 1.87 bits per heavy atom. The molecular formula is C24H21F3N6O5S. The molecule has 11 nitrogen and oxygen atoms in total. The van der Waals surface area contributed by atoms with E-state index in [1.165, 1.54) is 55.8 Å². The molecule has 0 radical (unpaired) electrons. The molecule has 2 aromatic carbocycles. The Bertz CT molecular complexity index is 1580. The highest BCUT2D eigenvalue weighted by atomic mass is 32.2. The summed E-state index contributed by atoms with van der Waals surface area (Å²) in [4.78, 5) is 16.4. The quantitative estimate of drug-likeness (QED) is 0.213. The number of rotatable bonds is 11. The number of methoxy groups -OCH3 is 1. The van der Waals surface area contributed by atoms with Crippen LogP contribution in [0.5, 0.6) is 11.6 Å². The molecule has 0 bridgehead atoms. The largest absolute Gasteiger partial charge is 0.487 e. The molecule has 0 saturated heterocycles. The van der Waals surface area contributed by atoms with E-state index in [1.54, 1.807) is 16.9 Å². The molecule has 5 N–H and O–H groups in total. The number of H-pyrrole nitrogens is 1. The fourth-order valence-corrected chi connectivity index (χ4v) is 3.98. The van der Waals surface area contributed by atoms with Crippen molar-refractivity contribution in [2.45, 2.75) is 12.4 Å². The van der Waals surface area contributed by atoms with E-state index in [0.29, 0.717) is 17.1 Å². The standard InChI is InChI=1S/C24H21F3N6O5S/c1-37-19-9-7-16(11-29-19)30-23-20(22(28)34)21(31-32-23)14-4-8-17(33-39(35,36)24(26)27)18(10-14)38-12-13-2-5-15(25)6-3-13/h2-11,24,33H,12H2,1H3,(H2,28,34)(H2,30,31,32). The monoisotopic (exact) mass is 562 g/mol. The molecule has 0 saturated carbocycles. The van der Waals surface area contributed by atoms with Crippen molar-refractivity contribution in [2.75, 3.05) is 17.1 Å². The predicted molar refractivity (Wildman–Crippen MR) is 136 cm³/mol. The van der Waals surface area contributed by atoms with E-state index in [2.05, 4.69) is 20.5 Å². The number of sulfonamides is 1. The Hall–Kier alpha value is -4.79. The van der Waals surface area contributed by atoms with E-state index in [0.717, 1.165) is 0 Å². The number of nitrogens with zero attached hydrogens (tertiary/aromatic N) is 2. The SMILES string of the molecule is COc1ccc(Nc2n[nH]c(-c3ccc(NS(=O)(=O)C(F)F)c(OCc4ccc(F)cc4)c3)c2C(N)=O)cn1. The van der Waals surface area contributed by atoms with Gasteiger partial charge in [-0.1, -0.05) is 18.2 Å². The van der Waals surface area contributed by atoms with Crippen LogP contribution in [0.15, 0.2) is 60.8 Å². The Morgan fingerprint density at radius 3 is 2.49 bits per heavy atom. The highest BCUT2D eigenvalue weighted by Crippen LogP contribution is 2.35. The van der Waals surface area contributed by atoms with Crippen molar-refractivity contribution in [1.82, 2.24) is 15.2 Å². The molecule has 4 rings (SSSR count). The Morgan fingerprint density at radius 1 is 1.13 bits per heavy atom. The van der Waals surface area contributed by atoms with Gasteiger partial charge in [-0.05, 0) is 35.9 Å². The first-order valence-electron chi connectivity index (χ1n) is 11.0. The molecule has 0 atom stereocenters. The van der Waals surface area contributed by atoms with Crippen LogP contribution in [0.25, 0.3) is 11.3 Å². The highest BCUT2D eigenvalue weighted by molar-refractivity contribution is 7.93. The maximum absolute atomic E-state index is 13.2. The molecule has 1 amide bonds. The first-order chi connectivity index (χ1) is 18.6. The number of halogens is 3. The summed E-state index contributed by atoms with van der Waals surface area (Å²) in [7, 11) is -3.57. The molecule has 0 fully saturated rings. The number of hydrogen-bond donors (Lipinski definition) is 4. The number of anilines is 3. The van der Waals surface area contributed by atoms with E-state index in [4.69, 9.17) is 15.2 Å². The fraction of sp³-hybridized carbons (Fsp3) is 0.125. The molecule has 4 aromatic rings. The Balaban J connectivity index is 1.70. The third kappa shape index (κ3) is 6.38. The second-order valence-corrected chi connectivity index (χ2v) is 9.58. The minimum absolute atomic E-state index is 0.0452. The highest BCUT2D eigenvalue weighted by Gasteiger charge is 2.26. The van der Waals surface area contributed by atoms with E-state index in [9.17, 15) is 26.4 Å². The lowest BCUT2D eigenvalue weighted by Gasteiger charge is -2.15. The number of ether oxygens (including phenoxy) is 2. The average Bonchev–Trinajstić information content (AvgIpc) is 3.33. The van der Waals surface area contributed by atoms with Crippen molar-refractivity contribution in [1.29, 1.82) is 0 Å². The van der Waals surface area contributed by atoms with Gasteiger partial charge >= 0.3 is 5.76 Å². The van der Waals surface area contributed by atoms with E-state index in [1.807, 2.05) is 0 Å². The van der Waals surface area contributed by atoms with Crippen molar-refractivity contribution >= 4 is 33.1 Å². The van der Waals surface area contributed by atoms with Gasteiger partial charge in [-0.2, -0.15) is 13.9 Å². The number of alkyl halides is 2. The van der Waals surface area contributed by atoms with E-state index in [-0.39, 0.29) is 40.7 Å². The number of amides is 1. The van der Waals surface area contributed by atoms with Gasteiger partial charge in [0.2, 0.25) is 5.88 Å². The fourth-order valence-electron chi connectivity index (χ4n) is 3.41. The second kappa shape index (κ2) is 11.3. The summed E-state index contributed by atoms with van der Waals surface area (Å²) in [5, 5.41) is 9.72. The number of primary amides is 1. The van der Waals surface area contributed by atoms with Crippen LogP contribution < -0.4 is 25.2 Å². The second-order valence-electron chi connectivity index (χ2n) is 7.93. The molecule has 0 aliphatic heterocycles. The molecule has 0 unspecified atom stereocenters. The minimum atomic E-state index is -5.03. The first kappa shape index (κ1) is 27.3. The van der Waals surface area contributed by atoms with Crippen LogP contribution in [0.3, 0.4) is 0 Å². The van der Waals surface area contributed by atoms with Crippen LogP contribution in [0.2, 0.25) is 0 Å². The number of benzene rings is 2. The zero-order chi connectivity index (χ0) is 28.2. The first-order valence-corrected chi connectivity index (χ1v) is 12.6. The maximum atomic E-state index is 13.2. The summed E-state index contributed by atoms with van der Waals surface area (Å²) in [5.41, 5.74) is 6.68. The van der Waals surface area contributed by atoms with Gasteiger partial charge in [-0.3, -0.25) is 14.6 Å². The predicted octanol–water partition coefficient (Wildman–Crippen LogP) is 4.01. The Kier molecular flexibility index (Phi) is 7.90. The number of nitrogens with one attached hydrogen (secondary N) is 3. The molecule has 2 aromatic heterocycles. The average molecular weight is 563 g/mol. The van der Waals surface area contributed by atoms with Crippen LogP contribution in [0.1, 0.15) is 15.9 Å². The number of carbonyl (C=O) groups excluding carboxylic acids is 1. The Labute approximate surface area is 220 Å². The van der Waals surface area contributed by atoms with Crippen molar-refractivity contribution in [3.05, 3.63) is 77.7 Å². The van der Waals surface area contributed by atoms with Crippen LogP contribution in [0, 0.1) is 5.82 Å². The lowest BCUT2D eigenvalue weighted by molar-refractivity contribution is 0.100. The minimum Gasteiger partial charge on any atom is -0.487 e. The van der Waals surface area contributed by atoms with Gasteiger partial charge in [-0.15, -0.1) is 0 Å². The van der Waals surface area contributed by atoms with Crippen LogP contribution in [0.4, 0.5) is 30.4 Å². The van der Waals surface area contributed by atoms with Crippen LogP contribution in [-0.4, -0.2) is 42.4 Å². The number of carbonyl (C=O) groups is 1. The van der Waals surface area contributed by atoms with E-state index >= 15 is 0 Å². The zero-order valence-electron chi connectivity index (χ0n) is 20.1. The smallest absolute Gasteiger partial charge is 0.355 e. The zero-order valence-corrected chi connectivity index (χ0v) is 20.9. The summed E-state index contributed by atoms with van der Waals surface area (Å²) in [6.45, 7) is -0.157. The maximum Gasteiger partial charge on any atom is 0.355 e. The molecular weight excluding hydrogens is 541 g/mol. The third-order valence-electron chi connectivity index (χ3n) is 5.29. The normalized spacial score (nSPS) is 11.3. The number of aromatic nitrogens is 3. The summed E-state index contributed by atoms with van der Waals surface area (Å²) in [5.74, 6) is -4.73. The van der Waals surface area contributed by atoms with Crippen molar-refractivity contribution in [2.24, 2.45) is 5.73 Å². The van der Waals surface area contributed by atoms with Crippen LogP contribution >= 0.6 is 0 Å². The van der Waals surface area contributed by atoms with Gasteiger partial charge in [0.1, 0.15) is 23.7 Å². The lowest BCUT2D eigenvalue weighted by atomic mass is 10.1. The molecule has 15 heteroatoms. The van der Waals surface area contributed by atoms with Crippen molar-refractivity contribution in [3.63, 3.8) is 0 Å². The molecule has 2 heterocycles. The van der Waals surface area contributed by atoms with E-state index < -0.39 is 27.5 Å². The van der Waals surface area contributed by atoms with Crippen molar-refractivity contribution in [3.8, 4) is 22.9 Å². The molecule has 204 valence electrons. The lowest BCUT2D eigenvalue weighted by Crippen LogP contribution is -2.21. The number of hydrogen-bond acceptors (Lipinski definition) is 8. The van der Waals surface area contributed by atoms with Gasteiger partial charge in [-0.25, -0.2) is 17.8 Å². The summed E-state index contributed by atoms with van der Waals surface area (Å²) < 4.78 is 75.4. The van der Waals surface area contributed by atoms with Gasteiger partial charge in [0, 0.05) is 11.6 Å². The molecule has 0 spiro atoms. The van der Waals surface area contributed by atoms with Crippen LogP contribution in [-0.2, 0) is 16.6 Å². The van der Waals surface area contributed by atoms with Gasteiger partial charge in [0.25, 0.3) is 15.9 Å². The molecule has 0 aliphatic rings. The molecule has 39 heavy (non-hydrogen) atoms.